The molecule has 0 spiro atoms. The molecule has 2 aromatic rings. The maximum absolute atomic E-state index is 13.0. The van der Waals surface area contributed by atoms with Crippen molar-refractivity contribution in [3.63, 3.8) is 0 Å². The number of nitrogens with zero attached hydrogens (tertiary/aromatic N) is 2. The monoisotopic (exact) mass is 388 g/mol. The van der Waals surface area contributed by atoms with Gasteiger partial charge in [-0.1, -0.05) is 36.2 Å². The highest BCUT2D eigenvalue weighted by Crippen LogP contribution is 2.42. The minimum atomic E-state index is -0.718. The van der Waals surface area contributed by atoms with E-state index in [1.165, 1.54) is 0 Å². The van der Waals surface area contributed by atoms with Crippen LogP contribution in [0.25, 0.3) is 0 Å². The van der Waals surface area contributed by atoms with E-state index in [1.807, 2.05) is 65.3 Å². The van der Waals surface area contributed by atoms with Gasteiger partial charge in [-0.05, 0) is 37.1 Å². The number of carbonyl (C=O) groups excluding carboxylic acids is 1. The van der Waals surface area contributed by atoms with E-state index < -0.39 is 5.54 Å². The van der Waals surface area contributed by atoms with E-state index in [9.17, 15) is 4.79 Å². The first-order chi connectivity index (χ1) is 13.1. The van der Waals surface area contributed by atoms with Crippen molar-refractivity contribution in [3.05, 3.63) is 64.9 Å². The van der Waals surface area contributed by atoms with Gasteiger partial charge < -0.3 is 10.5 Å². The predicted molar refractivity (Wildman–Crippen MR) is 105 cm³/mol. The molecule has 144 valence electrons. The Morgan fingerprint density at radius 3 is 2.63 bits per heavy atom. The van der Waals surface area contributed by atoms with Crippen molar-refractivity contribution in [3.8, 4) is 0 Å². The molecular weight excluding hydrogens is 362 g/mol. The number of carbonyl (C=O) groups is 1. The number of hydrogen-bond donors (Lipinski definition) is 1. The molecule has 1 aromatic heterocycles. The van der Waals surface area contributed by atoms with Gasteiger partial charge in [0.1, 0.15) is 12.3 Å². The smallest absolute Gasteiger partial charge is 0.253 e. The van der Waals surface area contributed by atoms with E-state index in [4.69, 9.17) is 22.1 Å². The molecule has 3 rings (SSSR count). The first-order valence-electron chi connectivity index (χ1n) is 9.33. The van der Waals surface area contributed by atoms with Crippen molar-refractivity contribution in [2.45, 2.75) is 44.5 Å². The molecule has 1 atom stereocenters. The van der Waals surface area contributed by atoms with Crippen LogP contribution in [0.3, 0.4) is 0 Å². The van der Waals surface area contributed by atoms with Crippen molar-refractivity contribution >= 4 is 17.4 Å². The van der Waals surface area contributed by atoms with Crippen molar-refractivity contribution in [2.75, 3.05) is 13.8 Å². The minimum Gasteiger partial charge on any atom is -0.326 e. The third-order valence-corrected chi connectivity index (χ3v) is 5.68. The van der Waals surface area contributed by atoms with Crippen LogP contribution in [0.1, 0.15) is 36.8 Å². The number of benzene rings is 1. The molecule has 1 saturated carbocycles. The minimum absolute atomic E-state index is 0.216. The van der Waals surface area contributed by atoms with Crippen molar-refractivity contribution < 1.29 is 14.1 Å². The Hall–Kier alpha value is -1.79. The summed E-state index contributed by atoms with van der Waals surface area (Å²) in [6, 6.07) is 11.6. The van der Waals surface area contributed by atoms with Gasteiger partial charge in [-0.15, -0.1) is 0 Å². The summed E-state index contributed by atoms with van der Waals surface area (Å²) < 4.78 is 7.85. The molecule has 1 fully saturated rings. The van der Waals surface area contributed by atoms with Crippen LogP contribution in [-0.4, -0.2) is 24.5 Å². The predicted octanol–water partition coefficient (Wildman–Crippen LogP) is 2.99. The first kappa shape index (κ1) is 20.0. The zero-order valence-corrected chi connectivity index (χ0v) is 16.5. The van der Waals surface area contributed by atoms with E-state index >= 15 is 0 Å². The third-order valence-electron chi connectivity index (χ3n) is 5.35. The van der Waals surface area contributed by atoms with Gasteiger partial charge in [-0.2, -0.15) is 4.57 Å². The van der Waals surface area contributed by atoms with Crippen LogP contribution in [0.2, 0.25) is 5.02 Å². The average Bonchev–Trinajstić information content (AvgIpc) is 2.69. The Morgan fingerprint density at radius 2 is 1.96 bits per heavy atom. The van der Waals surface area contributed by atoms with Gasteiger partial charge in [0.2, 0.25) is 0 Å². The van der Waals surface area contributed by atoms with E-state index in [0.717, 1.165) is 30.4 Å². The third kappa shape index (κ3) is 4.22. The SMILES string of the molecule is CN(COC[n+]1ccc(CN)cc1)C1(c2ccccc2Cl)CCCCC1=O. The number of halogens is 1. The lowest BCUT2D eigenvalue weighted by Gasteiger charge is -2.43. The molecule has 5 nitrogen and oxygen atoms in total. The number of ether oxygens (including phenoxy) is 1. The number of nitrogens with two attached hydrogens (primary N) is 1. The van der Waals surface area contributed by atoms with Crippen LogP contribution in [0.5, 0.6) is 0 Å². The highest BCUT2D eigenvalue weighted by molar-refractivity contribution is 6.31. The topological polar surface area (TPSA) is 59.4 Å². The van der Waals surface area contributed by atoms with Crippen LogP contribution in [0.4, 0.5) is 0 Å². The molecule has 0 saturated heterocycles. The molecule has 6 heteroatoms. The van der Waals surface area contributed by atoms with Crippen molar-refractivity contribution in [1.29, 1.82) is 0 Å². The molecule has 0 aliphatic heterocycles. The second kappa shape index (κ2) is 8.93. The number of hydrogen-bond acceptors (Lipinski definition) is 4. The fourth-order valence-corrected chi connectivity index (χ4v) is 4.10. The number of rotatable bonds is 7. The lowest BCUT2D eigenvalue weighted by Crippen LogP contribution is -2.53. The summed E-state index contributed by atoms with van der Waals surface area (Å²) in [7, 11) is 1.94. The molecular formula is C21H27ClN3O2+. The molecule has 1 unspecified atom stereocenters. The summed E-state index contributed by atoms with van der Waals surface area (Å²) >= 11 is 6.48. The zero-order chi connectivity index (χ0) is 19.3. The van der Waals surface area contributed by atoms with E-state index in [2.05, 4.69) is 0 Å². The van der Waals surface area contributed by atoms with Gasteiger partial charge in [0.15, 0.2) is 18.2 Å². The summed E-state index contributed by atoms with van der Waals surface area (Å²) in [4.78, 5) is 15.0. The highest BCUT2D eigenvalue weighted by Gasteiger charge is 2.46. The molecule has 0 amide bonds. The maximum atomic E-state index is 13.0. The first-order valence-corrected chi connectivity index (χ1v) is 9.71. The molecule has 1 aliphatic rings. The highest BCUT2D eigenvalue weighted by atomic mass is 35.5. The Bertz CT molecular complexity index is 781. The fraction of sp³-hybridized carbons (Fsp3) is 0.429. The van der Waals surface area contributed by atoms with E-state index in [1.54, 1.807) is 0 Å². The summed E-state index contributed by atoms with van der Waals surface area (Å²) in [6.07, 6.45) is 7.15. The zero-order valence-electron chi connectivity index (χ0n) is 15.7. The van der Waals surface area contributed by atoms with E-state index in [-0.39, 0.29) is 5.78 Å². The second-order valence-electron chi connectivity index (χ2n) is 7.06. The largest absolute Gasteiger partial charge is 0.326 e. The molecule has 0 bridgehead atoms. The standard InChI is InChI=1S/C21H27ClN3O2/c1-24(15-27-16-25-12-9-17(14-23)10-13-25)21(11-5-4-8-20(21)26)18-6-2-3-7-19(18)22/h2-3,6-7,9-10,12-13H,4-5,8,11,14-16,23H2,1H3/q+1. The molecule has 1 aromatic carbocycles. The molecule has 27 heavy (non-hydrogen) atoms. The Balaban J connectivity index is 1.74. The van der Waals surface area contributed by atoms with Gasteiger partial charge in [0, 0.05) is 30.1 Å². The van der Waals surface area contributed by atoms with Crippen LogP contribution in [-0.2, 0) is 28.3 Å². The van der Waals surface area contributed by atoms with Gasteiger partial charge in [-0.25, -0.2) is 0 Å². The number of ketones is 1. The van der Waals surface area contributed by atoms with Crippen LogP contribution < -0.4 is 10.3 Å². The van der Waals surface area contributed by atoms with Gasteiger partial charge in [-0.3, -0.25) is 9.69 Å². The number of aromatic nitrogens is 1. The number of pyridine rings is 1. The Morgan fingerprint density at radius 1 is 1.22 bits per heavy atom. The normalized spacial score (nSPS) is 20.2. The van der Waals surface area contributed by atoms with Crippen molar-refractivity contribution in [1.82, 2.24) is 4.90 Å². The maximum Gasteiger partial charge on any atom is 0.253 e. The van der Waals surface area contributed by atoms with Gasteiger partial charge in [0.05, 0.1) is 0 Å². The summed E-state index contributed by atoms with van der Waals surface area (Å²) in [5, 5.41) is 0.631. The molecule has 0 radical (unpaired) electrons. The second-order valence-corrected chi connectivity index (χ2v) is 7.46. The fourth-order valence-electron chi connectivity index (χ4n) is 3.81. The number of likely N-dealkylation sites (N-methyl/N-ethyl adjacent to an activating group) is 1. The Labute approximate surface area is 165 Å². The van der Waals surface area contributed by atoms with Gasteiger partial charge >= 0.3 is 0 Å². The van der Waals surface area contributed by atoms with Gasteiger partial charge in [0.25, 0.3) is 6.73 Å². The summed E-state index contributed by atoms with van der Waals surface area (Å²) in [6.45, 7) is 1.26. The summed E-state index contributed by atoms with van der Waals surface area (Å²) in [5.74, 6) is 0.216. The van der Waals surface area contributed by atoms with Crippen molar-refractivity contribution in [2.24, 2.45) is 5.73 Å². The van der Waals surface area contributed by atoms with E-state index in [0.29, 0.717) is 31.4 Å². The molecule has 1 aliphatic carbocycles. The average molecular weight is 389 g/mol. The lowest BCUT2D eigenvalue weighted by atomic mass is 9.74. The molecule has 1 heterocycles. The number of Topliss-reactive ketones (excluding diaryl/α,β-unsaturated/α-hetero) is 1. The Kier molecular flexibility index (Phi) is 6.60. The van der Waals surface area contributed by atoms with Crippen LogP contribution >= 0.6 is 11.6 Å². The molecule has 2 N–H and O–H groups in total. The lowest BCUT2D eigenvalue weighted by molar-refractivity contribution is -0.733. The quantitative estimate of drug-likeness (QED) is 0.585. The van der Waals surface area contributed by atoms with Crippen LogP contribution in [0.15, 0.2) is 48.8 Å². The summed E-state index contributed by atoms with van der Waals surface area (Å²) in [5.41, 5.74) is 6.86. The van der Waals surface area contributed by atoms with Crippen LogP contribution in [0, 0.1) is 0 Å².